The molecule has 2 nitrogen and oxygen atoms in total. The molecular weight excluding hydrogens is 182 g/mol. The second-order valence-corrected chi connectivity index (χ2v) is 4.72. The second-order valence-electron chi connectivity index (χ2n) is 3.73. The summed E-state index contributed by atoms with van der Waals surface area (Å²) in [6.07, 6.45) is 7.04. The van der Waals surface area contributed by atoms with Gasteiger partial charge in [-0.05, 0) is 50.8 Å². The number of thioether (sulfide) groups is 1. The maximum Gasteiger partial charge on any atom is 0.0703 e. The van der Waals surface area contributed by atoms with Crippen molar-refractivity contribution in [1.82, 2.24) is 5.32 Å². The summed E-state index contributed by atoms with van der Waals surface area (Å²) in [5, 5.41) is 3.38. The van der Waals surface area contributed by atoms with Crippen molar-refractivity contribution in [2.45, 2.75) is 31.3 Å². The average molecular weight is 203 g/mol. The molecule has 0 aromatic carbocycles. The largest absolute Gasteiger partial charge is 0.378 e. The zero-order valence-corrected chi connectivity index (χ0v) is 9.58. The van der Waals surface area contributed by atoms with Gasteiger partial charge in [0, 0.05) is 7.11 Å². The van der Waals surface area contributed by atoms with Gasteiger partial charge in [-0.1, -0.05) is 0 Å². The third-order valence-electron chi connectivity index (χ3n) is 2.93. The third-order valence-corrected chi connectivity index (χ3v) is 3.63. The highest BCUT2D eigenvalue weighted by atomic mass is 32.2. The molecule has 1 aliphatic heterocycles. The fourth-order valence-corrected chi connectivity index (χ4v) is 2.41. The molecule has 0 bridgehead atoms. The molecule has 0 saturated carbocycles. The van der Waals surface area contributed by atoms with Crippen molar-refractivity contribution >= 4 is 11.8 Å². The first-order chi connectivity index (χ1) is 6.33. The number of nitrogens with one attached hydrogen (secondary N) is 1. The van der Waals surface area contributed by atoms with E-state index in [0.29, 0.717) is 0 Å². The molecule has 1 rings (SSSR count). The van der Waals surface area contributed by atoms with Crippen molar-refractivity contribution in [3.63, 3.8) is 0 Å². The minimum atomic E-state index is 0.195. The second kappa shape index (κ2) is 5.89. The van der Waals surface area contributed by atoms with E-state index in [4.69, 9.17) is 4.74 Å². The predicted octanol–water partition coefficient (Wildman–Crippen LogP) is 1.90. The SMILES string of the molecule is COC1(CCCSC)CCNCC1. The molecule has 0 aliphatic carbocycles. The number of ether oxygens (including phenoxy) is 1. The Labute approximate surface area is 85.8 Å². The van der Waals surface area contributed by atoms with Gasteiger partial charge in [-0.3, -0.25) is 0 Å². The molecule has 0 unspecified atom stereocenters. The van der Waals surface area contributed by atoms with Crippen LogP contribution in [-0.4, -0.2) is 37.8 Å². The van der Waals surface area contributed by atoms with Crippen LogP contribution in [0, 0.1) is 0 Å². The van der Waals surface area contributed by atoms with E-state index < -0.39 is 0 Å². The minimum Gasteiger partial charge on any atom is -0.378 e. The van der Waals surface area contributed by atoms with Crippen LogP contribution in [0.4, 0.5) is 0 Å². The van der Waals surface area contributed by atoms with E-state index in [1.54, 1.807) is 0 Å². The van der Waals surface area contributed by atoms with Gasteiger partial charge in [0.15, 0.2) is 0 Å². The molecule has 1 aliphatic rings. The van der Waals surface area contributed by atoms with Crippen LogP contribution in [0.15, 0.2) is 0 Å². The Bertz CT molecular complexity index is 135. The van der Waals surface area contributed by atoms with Gasteiger partial charge >= 0.3 is 0 Å². The summed E-state index contributed by atoms with van der Waals surface area (Å²) in [7, 11) is 1.87. The quantitative estimate of drug-likeness (QED) is 0.690. The summed E-state index contributed by atoms with van der Waals surface area (Å²) in [5.74, 6) is 1.26. The fraction of sp³-hybridized carbons (Fsp3) is 1.00. The highest BCUT2D eigenvalue weighted by Crippen LogP contribution is 2.28. The zero-order valence-electron chi connectivity index (χ0n) is 8.77. The number of hydrogen-bond acceptors (Lipinski definition) is 3. The van der Waals surface area contributed by atoms with E-state index in [-0.39, 0.29) is 5.60 Å². The summed E-state index contributed by atoms with van der Waals surface area (Å²) in [6.45, 7) is 2.24. The van der Waals surface area contributed by atoms with Crippen molar-refractivity contribution in [2.24, 2.45) is 0 Å². The van der Waals surface area contributed by atoms with Gasteiger partial charge in [0.05, 0.1) is 5.60 Å². The van der Waals surface area contributed by atoms with Gasteiger partial charge in [-0.25, -0.2) is 0 Å². The first-order valence-electron chi connectivity index (χ1n) is 5.08. The maximum absolute atomic E-state index is 5.68. The number of rotatable bonds is 5. The van der Waals surface area contributed by atoms with Crippen molar-refractivity contribution in [2.75, 3.05) is 32.2 Å². The summed E-state index contributed by atoms with van der Waals surface area (Å²) >= 11 is 1.93. The lowest BCUT2D eigenvalue weighted by Crippen LogP contribution is -2.43. The summed E-state index contributed by atoms with van der Waals surface area (Å²) in [6, 6.07) is 0. The smallest absolute Gasteiger partial charge is 0.0703 e. The van der Waals surface area contributed by atoms with Gasteiger partial charge in [-0.2, -0.15) is 11.8 Å². The first kappa shape index (κ1) is 11.3. The van der Waals surface area contributed by atoms with Crippen LogP contribution in [0.5, 0.6) is 0 Å². The molecule has 3 heteroatoms. The van der Waals surface area contributed by atoms with Gasteiger partial charge in [0.2, 0.25) is 0 Å². The monoisotopic (exact) mass is 203 g/mol. The summed E-state index contributed by atoms with van der Waals surface area (Å²) < 4.78 is 5.68. The zero-order chi connectivity index (χ0) is 9.57. The molecule has 0 amide bonds. The lowest BCUT2D eigenvalue weighted by atomic mass is 9.88. The average Bonchev–Trinajstić information content (AvgIpc) is 2.20. The van der Waals surface area contributed by atoms with Crippen LogP contribution in [0.2, 0.25) is 0 Å². The molecule has 78 valence electrons. The summed E-state index contributed by atoms with van der Waals surface area (Å²) in [5.41, 5.74) is 0.195. The lowest BCUT2D eigenvalue weighted by molar-refractivity contribution is -0.0405. The van der Waals surface area contributed by atoms with Crippen LogP contribution in [0.25, 0.3) is 0 Å². The molecule has 0 aromatic rings. The fourth-order valence-electron chi connectivity index (χ4n) is 1.98. The van der Waals surface area contributed by atoms with Crippen molar-refractivity contribution < 1.29 is 4.74 Å². The van der Waals surface area contributed by atoms with Crippen LogP contribution in [0.1, 0.15) is 25.7 Å². The van der Waals surface area contributed by atoms with E-state index >= 15 is 0 Å². The van der Waals surface area contributed by atoms with E-state index in [2.05, 4.69) is 11.6 Å². The van der Waals surface area contributed by atoms with Gasteiger partial charge < -0.3 is 10.1 Å². The van der Waals surface area contributed by atoms with Gasteiger partial charge in [0.1, 0.15) is 0 Å². The van der Waals surface area contributed by atoms with E-state index in [1.807, 2.05) is 18.9 Å². The Kier molecular flexibility index (Phi) is 5.14. The molecule has 0 spiro atoms. The van der Waals surface area contributed by atoms with E-state index in [9.17, 15) is 0 Å². The Morgan fingerprint density at radius 1 is 1.38 bits per heavy atom. The topological polar surface area (TPSA) is 21.3 Å². The number of hydrogen-bond donors (Lipinski definition) is 1. The Morgan fingerprint density at radius 2 is 2.08 bits per heavy atom. The Hall–Kier alpha value is 0.270. The molecule has 1 saturated heterocycles. The highest BCUT2D eigenvalue weighted by Gasteiger charge is 2.30. The molecule has 1 N–H and O–H groups in total. The molecule has 1 fully saturated rings. The third kappa shape index (κ3) is 3.49. The highest BCUT2D eigenvalue weighted by molar-refractivity contribution is 7.98. The molecule has 0 aromatic heterocycles. The first-order valence-corrected chi connectivity index (χ1v) is 6.47. The lowest BCUT2D eigenvalue weighted by Gasteiger charge is -2.36. The molecule has 0 radical (unpaired) electrons. The Morgan fingerprint density at radius 3 is 2.62 bits per heavy atom. The number of methoxy groups -OCH3 is 1. The van der Waals surface area contributed by atoms with Gasteiger partial charge in [-0.15, -0.1) is 0 Å². The Balaban J connectivity index is 2.29. The summed E-state index contributed by atoms with van der Waals surface area (Å²) in [4.78, 5) is 0. The maximum atomic E-state index is 5.68. The van der Waals surface area contributed by atoms with Crippen LogP contribution in [-0.2, 0) is 4.74 Å². The van der Waals surface area contributed by atoms with Crippen molar-refractivity contribution in [3.8, 4) is 0 Å². The molecular formula is C10H21NOS. The molecule has 1 heterocycles. The van der Waals surface area contributed by atoms with Crippen molar-refractivity contribution in [1.29, 1.82) is 0 Å². The van der Waals surface area contributed by atoms with E-state index in [1.165, 1.54) is 31.4 Å². The normalized spacial score (nSPS) is 21.7. The van der Waals surface area contributed by atoms with Crippen LogP contribution < -0.4 is 5.32 Å². The molecule has 0 atom stereocenters. The molecule has 13 heavy (non-hydrogen) atoms. The predicted molar refractivity (Wildman–Crippen MR) is 59.5 cm³/mol. The standard InChI is InChI=1S/C10H21NOS/c1-12-10(4-3-9-13-2)5-7-11-8-6-10/h11H,3-9H2,1-2H3. The number of piperidine rings is 1. The van der Waals surface area contributed by atoms with Gasteiger partial charge in [0.25, 0.3) is 0 Å². The van der Waals surface area contributed by atoms with Crippen molar-refractivity contribution in [3.05, 3.63) is 0 Å². The van der Waals surface area contributed by atoms with Crippen LogP contribution >= 0.6 is 11.8 Å². The van der Waals surface area contributed by atoms with E-state index in [0.717, 1.165) is 13.1 Å². The minimum absolute atomic E-state index is 0.195. The van der Waals surface area contributed by atoms with Crippen LogP contribution in [0.3, 0.4) is 0 Å².